The minimum absolute atomic E-state index is 0.275. The van der Waals surface area contributed by atoms with Crippen LogP contribution < -0.4 is 11.1 Å². The average molecular weight is 250 g/mol. The highest BCUT2D eigenvalue weighted by Crippen LogP contribution is 2.19. The molecule has 1 aromatic heterocycles. The maximum atomic E-state index is 8.66. The van der Waals surface area contributed by atoms with Gasteiger partial charge in [0.05, 0.1) is 0 Å². The molecule has 0 radical (unpaired) electrons. The molecule has 0 spiro atoms. The second-order valence-electron chi connectivity index (χ2n) is 4.98. The molecule has 1 rings (SSSR count). The third-order valence-corrected chi connectivity index (χ3v) is 3.04. The van der Waals surface area contributed by atoms with Crippen LogP contribution in [0.5, 0.6) is 0 Å². The van der Waals surface area contributed by atoms with E-state index >= 15 is 0 Å². The summed E-state index contributed by atoms with van der Waals surface area (Å²) in [6.07, 6.45) is 5.44. The summed E-state index contributed by atoms with van der Waals surface area (Å²) in [6, 6.07) is 4.01. The Morgan fingerprint density at radius 3 is 2.89 bits per heavy atom. The van der Waals surface area contributed by atoms with Crippen LogP contribution in [0.4, 0.5) is 0 Å². The molecule has 100 valence electrons. The van der Waals surface area contributed by atoms with Gasteiger partial charge in [0.2, 0.25) is 0 Å². The molecule has 1 heterocycles. The van der Waals surface area contributed by atoms with Gasteiger partial charge in [-0.2, -0.15) is 0 Å². The van der Waals surface area contributed by atoms with Gasteiger partial charge in [0.1, 0.15) is 5.84 Å². The van der Waals surface area contributed by atoms with E-state index in [1.54, 1.807) is 6.20 Å². The summed E-state index contributed by atoms with van der Waals surface area (Å²) in [5.41, 5.74) is 6.56. The minimum atomic E-state index is -0.282. The fraction of sp³-hybridized carbons (Fsp3) is 0.538. The standard InChI is InChI=1S/C13H22N4O/c1-13(2,12(14)17-18)6-9-15-8-5-11-4-3-7-16-10-11/h3-4,7,10,15,18H,5-6,8-9H2,1-2H3,(H2,14,17). The number of nitrogens with one attached hydrogen (secondary N) is 1. The summed E-state index contributed by atoms with van der Waals surface area (Å²) in [6.45, 7) is 5.66. The topological polar surface area (TPSA) is 83.5 Å². The monoisotopic (exact) mass is 250 g/mol. The maximum absolute atomic E-state index is 8.66. The molecule has 0 aromatic carbocycles. The van der Waals surface area contributed by atoms with Crippen LogP contribution in [-0.4, -0.2) is 29.1 Å². The third-order valence-electron chi connectivity index (χ3n) is 3.04. The quantitative estimate of drug-likeness (QED) is 0.224. The Hall–Kier alpha value is -1.62. The summed E-state index contributed by atoms with van der Waals surface area (Å²) in [5.74, 6) is 0.275. The van der Waals surface area contributed by atoms with Gasteiger partial charge in [-0.25, -0.2) is 0 Å². The summed E-state index contributed by atoms with van der Waals surface area (Å²) in [7, 11) is 0. The first-order valence-electron chi connectivity index (χ1n) is 6.14. The first-order valence-corrected chi connectivity index (χ1v) is 6.14. The molecule has 18 heavy (non-hydrogen) atoms. The van der Waals surface area contributed by atoms with Crippen molar-refractivity contribution in [2.75, 3.05) is 13.1 Å². The van der Waals surface area contributed by atoms with E-state index in [0.29, 0.717) is 0 Å². The Morgan fingerprint density at radius 2 is 2.28 bits per heavy atom. The summed E-state index contributed by atoms with van der Waals surface area (Å²) in [4.78, 5) is 4.07. The number of aromatic nitrogens is 1. The van der Waals surface area contributed by atoms with Gasteiger partial charge in [0.25, 0.3) is 0 Å². The largest absolute Gasteiger partial charge is 0.409 e. The van der Waals surface area contributed by atoms with E-state index in [4.69, 9.17) is 10.9 Å². The third kappa shape index (κ3) is 4.71. The summed E-state index contributed by atoms with van der Waals surface area (Å²) in [5, 5.41) is 15.1. The van der Waals surface area contributed by atoms with Gasteiger partial charge in [-0.05, 0) is 37.6 Å². The van der Waals surface area contributed by atoms with Gasteiger partial charge in [0, 0.05) is 17.8 Å². The Morgan fingerprint density at radius 1 is 1.50 bits per heavy atom. The second-order valence-corrected chi connectivity index (χ2v) is 4.98. The number of nitrogens with zero attached hydrogens (tertiary/aromatic N) is 2. The zero-order chi connectivity index (χ0) is 13.4. The zero-order valence-corrected chi connectivity index (χ0v) is 11.1. The first-order chi connectivity index (χ1) is 8.56. The minimum Gasteiger partial charge on any atom is -0.409 e. The molecule has 0 atom stereocenters. The van der Waals surface area contributed by atoms with E-state index in [1.165, 1.54) is 5.56 Å². The lowest BCUT2D eigenvalue weighted by molar-refractivity contribution is 0.305. The molecule has 1 aromatic rings. The Kier molecular flexibility index (Phi) is 5.58. The molecule has 0 bridgehead atoms. The fourth-order valence-electron chi connectivity index (χ4n) is 1.57. The van der Waals surface area contributed by atoms with Crippen molar-refractivity contribution in [1.29, 1.82) is 0 Å². The smallest absolute Gasteiger partial charge is 0.144 e. The predicted octanol–water partition coefficient (Wildman–Crippen LogP) is 1.38. The number of amidine groups is 1. The van der Waals surface area contributed by atoms with Gasteiger partial charge in [-0.1, -0.05) is 25.1 Å². The fourth-order valence-corrected chi connectivity index (χ4v) is 1.57. The van der Waals surface area contributed by atoms with E-state index < -0.39 is 0 Å². The highest BCUT2D eigenvalue weighted by molar-refractivity contribution is 5.85. The van der Waals surface area contributed by atoms with Crippen LogP contribution in [0.2, 0.25) is 0 Å². The van der Waals surface area contributed by atoms with Gasteiger partial charge in [0.15, 0.2) is 0 Å². The Balaban J connectivity index is 2.20. The zero-order valence-electron chi connectivity index (χ0n) is 11.1. The van der Waals surface area contributed by atoms with Gasteiger partial charge in [-0.15, -0.1) is 0 Å². The molecule has 0 amide bonds. The second kappa shape index (κ2) is 6.96. The van der Waals surface area contributed by atoms with Crippen LogP contribution in [-0.2, 0) is 6.42 Å². The normalized spacial score (nSPS) is 12.7. The lowest BCUT2D eigenvalue weighted by atomic mass is 9.88. The summed E-state index contributed by atoms with van der Waals surface area (Å²) < 4.78 is 0. The maximum Gasteiger partial charge on any atom is 0.144 e. The molecule has 4 N–H and O–H groups in total. The van der Waals surface area contributed by atoms with Crippen molar-refractivity contribution in [1.82, 2.24) is 10.3 Å². The lowest BCUT2D eigenvalue weighted by Crippen LogP contribution is -2.35. The van der Waals surface area contributed by atoms with Crippen molar-refractivity contribution in [2.24, 2.45) is 16.3 Å². The molecular weight excluding hydrogens is 228 g/mol. The first kappa shape index (κ1) is 14.4. The van der Waals surface area contributed by atoms with E-state index in [2.05, 4.69) is 21.5 Å². The average Bonchev–Trinajstić information content (AvgIpc) is 2.38. The van der Waals surface area contributed by atoms with Crippen molar-refractivity contribution in [3.05, 3.63) is 30.1 Å². The predicted molar refractivity (Wildman–Crippen MR) is 72.6 cm³/mol. The molecule has 0 saturated heterocycles. The lowest BCUT2D eigenvalue weighted by Gasteiger charge is -2.22. The van der Waals surface area contributed by atoms with Crippen LogP contribution >= 0.6 is 0 Å². The van der Waals surface area contributed by atoms with Crippen LogP contribution in [0.3, 0.4) is 0 Å². The number of hydrogen-bond acceptors (Lipinski definition) is 4. The van der Waals surface area contributed by atoms with Crippen molar-refractivity contribution < 1.29 is 5.21 Å². The van der Waals surface area contributed by atoms with Crippen LogP contribution in [0.25, 0.3) is 0 Å². The van der Waals surface area contributed by atoms with Crippen LogP contribution in [0, 0.1) is 5.41 Å². The number of hydrogen-bond donors (Lipinski definition) is 3. The molecule has 0 fully saturated rings. The van der Waals surface area contributed by atoms with Gasteiger partial charge >= 0.3 is 0 Å². The van der Waals surface area contributed by atoms with E-state index in [-0.39, 0.29) is 11.3 Å². The number of pyridine rings is 1. The van der Waals surface area contributed by atoms with E-state index in [0.717, 1.165) is 25.9 Å². The highest BCUT2D eigenvalue weighted by Gasteiger charge is 2.22. The number of nitrogens with two attached hydrogens (primary N) is 1. The van der Waals surface area contributed by atoms with Crippen LogP contribution in [0.15, 0.2) is 29.7 Å². The molecule has 0 aliphatic heterocycles. The number of oxime groups is 1. The van der Waals surface area contributed by atoms with Crippen molar-refractivity contribution in [3.8, 4) is 0 Å². The van der Waals surface area contributed by atoms with Crippen LogP contribution in [0.1, 0.15) is 25.8 Å². The highest BCUT2D eigenvalue weighted by atomic mass is 16.4. The van der Waals surface area contributed by atoms with Gasteiger partial charge in [-0.3, -0.25) is 4.98 Å². The van der Waals surface area contributed by atoms with Gasteiger partial charge < -0.3 is 16.3 Å². The Bertz CT molecular complexity index is 376. The molecule has 0 aliphatic rings. The van der Waals surface area contributed by atoms with E-state index in [9.17, 15) is 0 Å². The summed E-state index contributed by atoms with van der Waals surface area (Å²) >= 11 is 0. The van der Waals surface area contributed by atoms with Crippen molar-refractivity contribution >= 4 is 5.84 Å². The van der Waals surface area contributed by atoms with Crippen molar-refractivity contribution in [2.45, 2.75) is 26.7 Å². The molecule has 0 aliphatic carbocycles. The number of rotatable bonds is 7. The molecule has 0 unspecified atom stereocenters. The molecule has 0 saturated carbocycles. The van der Waals surface area contributed by atoms with Crippen molar-refractivity contribution in [3.63, 3.8) is 0 Å². The van der Waals surface area contributed by atoms with E-state index in [1.807, 2.05) is 26.1 Å². The SMILES string of the molecule is CC(C)(CCNCCc1cccnc1)C(N)=NO. The molecular formula is C13H22N4O. The molecule has 5 heteroatoms. The molecule has 5 nitrogen and oxygen atoms in total. The Labute approximate surface area is 108 Å².